The first-order valence-electron chi connectivity index (χ1n) is 5.16. The topological polar surface area (TPSA) is 66.8 Å². The van der Waals surface area contributed by atoms with Crippen LogP contribution in [0.4, 0.5) is 0 Å². The second-order valence-electron chi connectivity index (χ2n) is 2.96. The van der Waals surface area contributed by atoms with E-state index in [-0.39, 0.29) is 19.2 Å². The van der Waals surface area contributed by atoms with E-state index in [1.165, 1.54) is 0 Å². The minimum absolute atomic E-state index is 0.0133. The van der Waals surface area contributed by atoms with Crippen molar-refractivity contribution >= 4 is 5.97 Å². The van der Waals surface area contributed by atoms with Crippen molar-refractivity contribution in [3.8, 4) is 0 Å². The molecule has 0 aliphatic rings. The fourth-order valence-corrected chi connectivity index (χ4v) is 0.555. The summed E-state index contributed by atoms with van der Waals surface area (Å²) in [6.45, 7) is 7.85. The summed E-state index contributed by atoms with van der Waals surface area (Å²) in [7, 11) is 0. The molecule has 0 rings (SSSR count). The Morgan fingerprint density at radius 3 is 2.20 bits per heavy atom. The van der Waals surface area contributed by atoms with Crippen LogP contribution in [0.5, 0.6) is 0 Å². The van der Waals surface area contributed by atoms with Crippen molar-refractivity contribution in [1.29, 1.82) is 0 Å². The van der Waals surface area contributed by atoms with Gasteiger partial charge in [-0.15, -0.1) is 0 Å². The maximum absolute atomic E-state index is 10.3. The Hall–Kier alpha value is -0.870. The van der Waals surface area contributed by atoms with Gasteiger partial charge in [0.15, 0.2) is 0 Å². The summed E-state index contributed by atoms with van der Waals surface area (Å²) in [5.74, 6) is -0.105. The molecule has 15 heavy (non-hydrogen) atoms. The van der Waals surface area contributed by atoms with Crippen LogP contribution in [0.15, 0.2) is 12.2 Å². The van der Waals surface area contributed by atoms with Crippen molar-refractivity contribution in [2.24, 2.45) is 0 Å². The molecule has 0 aliphatic heterocycles. The van der Waals surface area contributed by atoms with Gasteiger partial charge in [0.1, 0.15) is 0 Å². The Bertz CT molecular complexity index is 166. The van der Waals surface area contributed by atoms with E-state index in [0.717, 1.165) is 6.42 Å². The molecule has 0 atom stereocenters. The lowest BCUT2D eigenvalue weighted by Crippen LogP contribution is -2.02. The number of aliphatic hydroxyl groups is 2. The molecule has 0 amide bonds. The van der Waals surface area contributed by atoms with Crippen molar-refractivity contribution < 1.29 is 19.7 Å². The number of rotatable bonds is 6. The molecule has 0 aliphatic carbocycles. The molecule has 0 saturated heterocycles. The number of carbonyl (C=O) groups excluding carboxylic acids is 1. The van der Waals surface area contributed by atoms with E-state index in [4.69, 9.17) is 14.9 Å². The molecule has 0 aromatic heterocycles. The second kappa shape index (κ2) is 13.1. The van der Waals surface area contributed by atoms with Crippen molar-refractivity contribution in [1.82, 2.24) is 0 Å². The average molecular weight is 218 g/mol. The molecule has 2 N–H and O–H groups in total. The minimum Gasteiger partial charge on any atom is -0.466 e. The lowest BCUT2D eigenvalue weighted by Gasteiger charge is -1.97. The molecule has 0 aromatic rings. The van der Waals surface area contributed by atoms with Crippen LogP contribution < -0.4 is 0 Å². The maximum atomic E-state index is 10.3. The highest BCUT2D eigenvalue weighted by Gasteiger charge is 1.93. The molecule has 0 spiro atoms. The molecule has 0 saturated carbocycles. The van der Waals surface area contributed by atoms with E-state index in [1.807, 2.05) is 6.92 Å². The van der Waals surface area contributed by atoms with Gasteiger partial charge < -0.3 is 14.9 Å². The van der Waals surface area contributed by atoms with Gasteiger partial charge in [0.25, 0.3) is 0 Å². The fraction of sp³-hybridized carbons (Fsp3) is 0.727. The summed E-state index contributed by atoms with van der Waals surface area (Å²) in [6.07, 6.45) is 1.90. The van der Waals surface area contributed by atoms with Crippen molar-refractivity contribution in [2.45, 2.75) is 33.1 Å². The van der Waals surface area contributed by atoms with Gasteiger partial charge in [-0.05, 0) is 18.4 Å². The molecule has 0 fully saturated rings. The number of ether oxygens (including phenoxy) is 1. The van der Waals surface area contributed by atoms with Gasteiger partial charge in [-0.1, -0.05) is 20.4 Å². The number of aliphatic hydroxyl groups excluding tert-OH is 2. The number of esters is 1. The quantitative estimate of drug-likeness (QED) is 0.520. The van der Waals surface area contributed by atoms with Crippen LogP contribution in [-0.2, 0) is 9.53 Å². The Balaban J connectivity index is 0. The van der Waals surface area contributed by atoms with Gasteiger partial charge in [0.05, 0.1) is 13.2 Å². The molecule has 0 bridgehead atoms. The summed E-state index contributed by atoms with van der Waals surface area (Å²) >= 11 is 0. The van der Waals surface area contributed by atoms with Crippen LogP contribution in [0.3, 0.4) is 0 Å². The predicted octanol–water partition coefficient (Wildman–Crippen LogP) is 1.27. The lowest BCUT2D eigenvalue weighted by molar-refractivity contribution is -0.143. The van der Waals surface area contributed by atoms with Crippen LogP contribution in [0.1, 0.15) is 33.1 Å². The standard InChI is InChI=1S/C6H12O2.C5H10O2/c1-3-5-8-6(7)4-2;1-5(4-7)2-3-6/h3-5H2,1-2H3;6-7H,1-4H2. The highest BCUT2D eigenvalue weighted by molar-refractivity contribution is 5.68. The Morgan fingerprint density at radius 2 is 1.93 bits per heavy atom. The highest BCUT2D eigenvalue weighted by Crippen LogP contribution is 1.91. The summed E-state index contributed by atoms with van der Waals surface area (Å²) in [5, 5.41) is 16.5. The third-order valence-electron chi connectivity index (χ3n) is 1.44. The van der Waals surface area contributed by atoms with Gasteiger partial charge >= 0.3 is 5.97 Å². The Morgan fingerprint density at radius 1 is 1.33 bits per heavy atom. The number of hydrogen-bond acceptors (Lipinski definition) is 4. The Labute approximate surface area is 91.6 Å². The van der Waals surface area contributed by atoms with Crippen molar-refractivity contribution in [3.63, 3.8) is 0 Å². The normalized spacial score (nSPS) is 8.80. The highest BCUT2D eigenvalue weighted by atomic mass is 16.5. The van der Waals surface area contributed by atoms with Crippen LogP contribution in [0, 0.1) is 0 Å². The third kappa shape index (κ3) is 15.9. The summed E-state index contributed by atoms with van der Waals surface area (Å²) in [5.41, 5.74) is 0.683. The monoisotopic (exact) mass is 218 g/mol. The smallest absolute Gasteiger partial charge is 0.305 e. The molecule has 0 aromatic carbocycles. The minimum atomic E-state index is -0.105. The zero-order valence-electron chi connectivity index (χ0n) is 9.66. The van der Waals surface area contributed by atoms with E-state index in [2.05, 4.69) is 6.58 Å². The lowest BCUT2D eigenvalue weighted by atomic mass is 10.2. The first-order valence-corrected chi connectivity index (χ1v) is 5.16. The van der Waals surface area contributed by atoms with Crippen molar-refractivity contribution in [2.75, 3.05) is 19.8 Å². The van der Waals surface area contributed by atoms with Gasteiger partial charge in [0, 0.05) is 13.0 Å². The van der Waals surface area contributed by atoms with E-state index in [1.54, 1.807) is 6.92 Å². The SMILES string of the molecule is C=C(CO)CCO.CCCOC(=O)CC. The zero-order valence-corrected chi connectivity index (χ0v) is 9.66. The van der Waals surface area contributed by atoms with Crippen LogP contribution in [-0.4, -0.2) is 36.0 Å². The first-order chi connectivity index (χ1) is 7.12. The van der Waals surface area contributed by atoms with Crippen molar-refractivity contribution in [3.05, 3.63) is 12.2 Å². The van der Waals surface area contributed by atoms with E-state index >= 15 is 0 Å². The van der Waals surface area contributed by atoms with E-state index in [0.29, 0.717) is 25.0 Å². The molecule has 90 valence electrons. The summed E-state index contributed by atoms with van der Waals surface area (Å²) in [4.78, 5) is 10.3. The molecule has 0 unspecified atom stereocenters. The fourth-order valence-electron chi connectivity index (χ4n) is 0.555. The second-order valence-corrected chi connectivity index (χ2v) is 2.96. The maximum Gasteiger partial charge on any atom is 0.305 e. The van der Waals surface area contributed by atoms with Crippen LogP contribution in [0.2, 0.25) is 0 Å². The summed E-state index contributed by atoms with van der Waals surface area (Å²) in [6, 6.07) is 0. The number of hydrogen-bond donors (Lipinski definition) is 2. The van der Waals surface area contributed by atoms with Gasteiger partial charge in [-0.3, -0.25) is 4.79 Å². The Kier molecular flexibility index (Phi) is 14.5. The number of carbonyl (C=O) groups is 1. The van der Waals surface area contributed by atoms with Crippen LogP contribution in [0.25, 0.3) is 0 Å². The van der Waals surface area contributed by atoms with E-state index in [9.17, 15) is 4.79 Å². The predicted molar refractivity (Wildman–Crippen MR) is 59.5 cm³/mol. The van der Waals surface area contributed by atoms with Gasteiger partial charge in [0.2, 0.25) is 0 Å². The summed E-state index contributed by atoms with van der Waals surface area (Å²) < 4.78 is 4.70. The van der Waals surface area contributed by atoms with Gasteiger partial charge in [-0.2, -0.15) is 0 Å². The molecule has 0 heterocycles. The molecule has 4 heteroatoms. The molecule has 4 nitrogen and oxygen atoms in total. The van der Waals surface area contributed by atoms with Crippen LogP contribution >= 0.6 is 0 Å². The molecular weight excluding hydrogens is 196 g/mol. The van der Waals surface area contributed by atoms with Gasteiger partial charge in [-0.25, -0.2) is 0 Å². The van der Waals surface area contributed by atoms with E-state index < -0.39 is 0 Å². The molecular formula is C11H22O4. The molecule has 0 radical (unpaired) electrons. The zero-order chi connectivity index (χ0) is 12.1. The largest absolute Gasteiger partial charge is 0.466 e. The third-order valence-corrected chi connectivity index (χ3v) is 1.44. The first kappa shape index (κ1) is 16.6. The average Bonchev–Trinajstić information content (AvgIpc) is 2.26.